The molecule has 0 saturated carbocycles. The lowest BCUT2D eigenvalue weighted by Gasteiger charge is -2.18. The lowest BCUT2D eigenvalue weighted by molar-refractivity contribution is 0.128. The van der Waals surface area contributed by atoms with Gasteiger partial charge in [-0.3, -0.25) is 0 Å². The molecule has 6 nitrogen and oxygen atoms in total. The molecule has 1 atom stereocenters. The Balaban J connectivity index is 2.80. The van der Waals surface area contributed by atoms with Crippen molar-refractivity contribution in [1.29, 1.82) is 0 Å². The number of anilines is 2. The molecule has 0 aliphatic rings. The van der Waals surface area contributed by atoms with Crippen LogP contribution in [0.3, 0.4) is 0 Å². The molecule has 6 heteroatoms. The normalized spacial score (nSPS) is 12.2. The Labute approximate surface area is 121 Å². The summed E-state index contributed by atoms with van der Waals surface area (Å²) in [5, 5.41) is 6.44. The Morgan fingerprint density at radius 3 is 2.60 bits per heavy atom. The highest BCUT2D eigenvalue weighted by Gasteiger charge is 2.10. The topological polar surface area (TPSA) is 68.3 Å². The van der Waals surface area contributed by atoms with Gasteiger partial charge in [0.05, 0.1) is 12.6 Å². The third-order valence-corrected chi connectivity index (χ3v) is 2.82. The van der Waals surface area contributed by atoms with E-state index in [9.17, 15) is 0 Å². The molecular formula is C14H26N4O2. The van der Waals surface area contributed by atoms with E-state index in [-0.39, 0.29) is 6.04 Å². The third-order valence-electron chi connectivity index (χ3n) is 2.82. The van der Waals surface area contributed by atoms with E-state index in [1.54, 1.807) is 7.11 Å². The Kier molecular flexibility index (Phi) is 7.91. The van der Waals surface area contributed by atoms with Crippen molar-refractivity contribution < 1.29 is 9.47 Å². The van der Waals surface area contributed by atoms with Gasteiger partial charge in [-0.1, -0.05) is 13.3 Å². The summed E-state index contributed by atoms with van der Waals surface area (Å²) < 4.78 is 10.6. The number of aromatic nitrogens is 2. The van der Waals surface area contributed by atoms with Gasteiger partial charge in [-0.2, -0.15) is 0 Å². The number of hydrogen-bond donors (Lipinski definition) is 2. The predicted octanol–water partition coefficient (Wildman–Crippen LogP) is 2.28. The maximum Gasteiger partial charge on any atom is 0.158 e. The molecular weight excluding hydrogens is 256 g/mol. The van der Waals surface area contributed by atoms with Crippen molar-refractivity contribution in [3.63, 3.8) is 0 Å². The molecule has 0 fully saturated rings. The minimum Gasteiger partial charge on any atom is -0.383 e. The Morgan fingerprint density at radius 2 is 2.00 bits per heavy atom. The van der Waals surface area contributed by atoms with E-state index in [0.29, 0.717) is 25.6 Å². The highest BCUT2D eigenvalue weighted by Crippen LogP contribution is 2.14. The average Bonchev–Trinajstić information content (AvgIpc) is 2.45. The van der Waals surface area contributed by atoms with Crippen molar-refractivity contribution in [2.24, 2.45) is 0 Å². The van der Waals surface area contributed by atoms with Gasteiger partial charge in [-0.05, 0) is 13.3 Å². The zero-order valence-corrected chi connectivity index (χ0v) is 12.9. The molecule has 1 unspecified atom stereocenters. The van der Waals surface area contributed by atoms with Crippen LogP contribution in [-0.4, -0.2) is 43.4 Å². The van der Waals surface area contributed by atoms with Crippen molar-refractivity contribution in [3.05, 3.63) is 11.9 Å². The molecule has 1 heterocycles. The molecule has 0 saturated heterocycles. The van der Waals surface area contributed by atoms with Crippen LogP contribution in [0.25, 0.3) is 0 Å². The van der Waals surface area contributed by atoms with Gasteiger partial charge < -0.3 is 20.1 Å². The Hall–Kier alpha value is -1.40. The van der Waals surface area contributed by atoms with Crippen molar-refractivity contribution >= 4 is 11.6 Å². The van der Waals surface area contributed by atoms with Crippen LogP contribution in [0, 0.1) is 0 Å². The summed E-state index contributed by atoms with van der Waals surface area (Å²) in [6, 6.07) is 2.15. The Bertz CT molecular complexity index is 381. The van der Waals surface area contributed by atoms with Crippen LogP contribution < -0.4 is 10.6 Å². The maximum atomic E-state index is 5.37. The molecule has 0 aliphatic heterocycles. The second kappa shape index (κ2) is 9.50. The van der Waals surface area contributed by atoms with Gasteiger partial charge in [0.2, 0.25) is 0 Å². The number of rotatable bonds is 10. The molecule has 0 bridgehead atoms. The molecule has 0 spiro atoms. The van der Waals surface area contributed by atoms with Crippen LogP contribution in [0.5, 0.6) is 0 Å². The van der Waals surface area contributed by atoms with Gasteiger partial charge in [0, 0.05) is 26.8 Å². The predicted molar refractivity (Wildman–Crippen MR) is 81.1 cm³/mol. The molecule has 0 radical (unpaired) electrons. The van der Waals surface area contributed by atoms with E-state index in [2.05, 4.69) is 27.5 Å². The van der Waals surface area contributed by atoms with E-state index in [4.69, 9.17) is 9.47 Å². The number of hydrogen-bond acceptors (Lipinski definition) is 6. The zero-order valence-electron chi connectivity index (χ0n) is 12.9. The summed E-state index contributed by atoms with van der Waals surface area (Å²) in [5.41, 5.74) is 0. The standard InChI is InChI=1S/C14H26N4O2/c1-5-7-11(9-19-4)16-13-8-12(15-3)17-14(18-13)10-20-6-2/h8,11H,5-7,9-10H2,1-4H3,(H2,15,16,17,18). The fourth-order valence-electron chi connectivity index (χ4n) is 1.91. The molecule has 0 aromatic carbocycles. The maximum absolute atomic E-state index is 5.37. The first-order chi connectivity index (χ1) is 9.73. The zero-order chi connectivity index (χ0) is 14.8. The number of methoxy groups -OCH3 is 1. The molecule has 2 N–H and O–H groups in total. The molecule has 1 aromatic heterocycles. The highest BCUT2D eigenvalue weighted by atomic mass is 16.5. The van der Waals surface area contributed by atoms with Crippen LogP contribution >= 0.6 is 0 Å². The SMILES string of the molecule is CCCC(COC)Nc1cc(NC)nc(COCC)n1. The minimum absolute atomic E-state index is 0.254. The van der Waals surface area contributed by atoms with Gasteiger partial charge in [0.15, 0.2) is 5.82 Å². The fraction of sp³-hybridized carbons (Fsp3) is 0.714. The van der Waals surface area contributed by atoms with E-state index in [1.807, 2.05) is 20.0 Å². The van der Waals surface area contributed by atoms with Crippen molar-refractivity contribution in [2.45, 2.75) is 39.3 Å². The average molecular weight is 282 g/mol. The number of ether oxygens (including phenoxy) is 2. The smallest absolute Gasteiger partial charge is 0.158 e. The monoisotopic (exact) mass is 282 g/mol. The van der Waals surface area contributed by atoms with Gasteiger partial charge in [0.1, 0.15) is 18.2 Å². The number of nitrogens with one attached hydrogen (secondary N) is 2. The van der Waals surface area contributed by atoms with Crippen molar-refractivity contribution in [1.82, 2.24) is 9.97 Å². The second-order valence-corrected chi connectivity index (χ2v) is 4.53. The second-order valence-electron chi connectivity index (χ2n) is 4.53. The lowest BCUT2D eigenvalue weighted by Crippen LogP contribution is -2.25. The first-order valence-corrected chi connectivity index (χ1v) is 7.12. The fourth-order valence-corrected chi connectivity index (χ4v) is 1.91. The van der Waals surface area contributed by atoms with Gasteiger partial charge in [-0.15, -0.1) is 0 Å². The van der Waals surface area contributed by atoms with Crippen LogP contribution in [-0.2, 0) is 16.1 Å². The minimum atomic E-state index is 0.254. The summed E-state index contributed by atoms with van der Waals surface area (Å²) >= 11 is 0. The number of nitrogens with zero attached hydrogens (tertiary/aromatic N) is 2. The summed E-state index contributed by atoms with van der Waals surface area (Å²) in [7, 11) is 3.55. The summed E-state index contributed by atoms with van der Waals surface area (Å²) in [5.74, 6) is 2.26. The van der Waals surface area contributed by atoms with Gasteiger partial charge in [0.25, 0.3) is 0 Å². The summed E-state index contributed by atoms with van der Waals surface area (Å²) in [6.45, 7) is 5.84. The molecule has 1 rings (SSSR count). The first-order valence-electron chi connectivity index (χ1n) is 7.12. The lowest BCUT2D eigenvalue weighted by atomic mass is 10.2. The van der Waals surface area contributed by atoms with E-state index in [0.717, 1.165) is 24.5 Å². The van der Waals surface area contributed by atoms with Gasteiger partial charge in [-0.25, -0.2) is 9.97 Å². The molecule has 20 heavy (non-hydrogen) atoms. The largest absolute Gasteiger partial charge is 0.383 e. The van der Waals surface area contributed by atoms with Crippen LogP contribution in [0.2, 0.25) is 0 Å². The molecule has 0 amide bonds. The third kappa shape index (κ3) is 5.71. The van der Waals surface area contributed by atoms with Crippen LogP contribution in [0.1, 0.15) is 32.5 Å². The molecule has 114 valence electrons. The molecule has 1 aromatic rings. The summed E-state index contributed by atoms with van der Waals surface area (Å²) in [4.78, 5) is 8.85. The van der Waals surface area contributed by atoms with E-state index in [1.165, 1.54) is 0 Å². The van der Waals surface area contributed by atoms with Crippen LogP contribution in [0.4, 0.5) is 11.6 Å². The summed E-state index contributed by atoms with van der Waals surface area (Å²) in [6.07, 6.45) is 2.13. The van der Waals surface area contributed by atoms with Gasteiger partial charge >= 0.3 is 0 Å². The van der Waals surface area contributed by atoms with Crippen molar-refractivity contribution in [2.75, 3.05) is 38.0 Å². The Morgan fingerprint density at radius 1 is 1.25 bits per heavy atom. The quantitative estimate of drug-likeness (QED) is 0.686. The van der Waals surface area contributed by atoms with E-state index >= 15 is 0 Å². The molecule has 0 aliphatic carbocycles. The van der Waals surface area contributed by atoms with E-state index < -0.39 is 0 Å². The van der Waals surface area contributed by atoms with Crippen LogP contribution in [0.15, 0.2) is 6.07 Å². The highest BCUT2D eigenvalue weighted by molar-refractivity contribution is 5.47. The van der Waals surface area contributed by atoms with Crippen molar-refractivity contribution in [3.8, 4) is 0 Å². The first kappa shape index (κ1) is 16.7.